The van der Waals surface area contributed by atoms with Gasteiger partial charge in [-0.2, -0.15) is 0 Å². The largest absolute Gasteiger partial charge is 0.441 e. The number of benzene rings is 2. The van der Waals surface area contributed by atoms with E-state index < -0.39 is 24.3 Å². The normalized spacial score (nSPS) is 13.9. The summed E-state index contributed by atoms with van der Waals surface area (Å²) < 4.78 is 10.0. The fraction of sp³-hybridized carbons (Fsp3) is 0.304. The molecule has 0 saturated heterocycles. The smallest absolute Gasteiger partial charge is 0.407 e. The Morgan fingerprint density at radius 2 is 1.67 bits per heavy atom. The van der Waals surface area contributed by atoms with Gasteiger partial charge < -0.3 is 24.8 Å². The van der Waals surface area contributed by atoms with Crippen molar-refractivity contribution in [3.8, 4) is 0 Å². The number of hydrogen-bond donors (Lipinski definition) is 3. The molecule has 3 aromatic rings. The topological polar surface area (TPSA) is 105 Å². The number of carbonyl (C=O) groups is 1. The summed E-state index contributed by atoms with van der Waals surface area (Å²) in [6.07, 6.45) is -0.0798. The standard InChI is InChI=1S/C23H26N2O5/c26-21(12-11-17-7-3-1-4-8-17)22(27)20(15-18-9-5-2-6-10-18)25-23(28)29-16-19-13-14-24-30-19/h1-10,13-14,20-22,26-27H,11-12,15-16H2,(H,25,28). The van der Waals surface area contributed by atoms with Crippen molar-refractivity contribution in [3.63, 3.8) is 0 Å². The molecular formula is C23H26N2O5. The Kier molecular flexibility index (Phi) is 8.00. The number of hydrogen-bond acceptors (Lipinski definition) is 6. The molecule has 0 spiro atoms. The first kappa shape index (κ1) is 21.5. The van der Waals surface area contributed by atoms with Gasteiger partial charge in [0, 0.05) is 6.07 Å². The molecule has 30 heavy (non-hydrogen) atoms. The van der Waals surface area contributed by atoms with Gasteiger partial charge in [0.1, 0.15) is 6.10 Å². The molecule has 7 heteroatoms. The van der Waals surface area contributed by atoms with Crippen molar-refractivity contribution in [2.75, 3.05) is 0 Å². The monoisotopic (exact) mass is 410 g/mol. The Morgan fingerprint density at radius 3 is 2.30 bits per heavy atom. The summed E-state index contributed by atoms with van der Waals surface area (Å²) in [7, 11) is 0. The molecule has 0 fully saturated rings. The third-order valence-corrected chi connectivity index (χ3v) is 4.82. The van der Waals surface area contributed by atoms with Gasteiger partial charge in [-0.25, -0.2) is 4.79 Å². The number of aryl methyl sites for hydroxylation is 1. The van der Waals surface area contributed by atoms with Crippen LogP contribution in [0.25, 0.3) is 0 Å². The number of aliphatic hydroxyl groups is 2. The van der Waals surface area contributed by atoms with Gasteiger partial charge in [0.2, 0.25) is 0 Å². The van der Waals surface area contributed by atoms with Crippen LogP contribution < -0.4 is 5.32 Å². The van der Waals surface area contributed by atoms with E-state index in [0.717, 1.165) is 11.1 Å². The molecule has 7 nitrogen and oxygen atoms in total. The highest BCUT2D eigenvalue weighted by atomic mass is 16.6. The molecule has 2 aromatic carbocycles. The first-order valence-electron chi connectivity index (χ1n) is 9.88. The molecule has 0 aliphatic carbocycles. The molecule has 3 N–H and O–H groups in total. The third kappa shape index (κ3) is 6.72. The number of aromatic nitrogens is 1. The molecule has 0 aliphatic rings. The SMILES string of the molecule is O=C(NC(Cc1ccccc1)C(O)C(O)CCc1ccccc1)OCc1ccno1. The number of nitrogens with zero attached hydrogens (tertiary/aromatic N) is 1. The number of alkyl carbamates (subject to hydrolysis) is 1. The molecule has 158 valence electrons. The molecule has 0 saturated carbocycles. The molecule has 3 unspecified atom stereocenters. The lowest BCUT2D eigenvalue weighted by Gasteiger charge is -2.27. The second-order valence-electron chi connectivity index (χ2n) is 7.08. The van der Waals surface area contributed by atoms with Gasteiger partial charge in [-0.15, -0.1) is 0 Å². The number of aliphatic hydroxyl groups excluding tert-OH is 2. The van der Waals surface area contributed by atoms with Crippen molar-refractivity contribution in [3.05, 3.63) is 89.8 Å². The molecule has 1 heterocycles. The highest BCUT2D eigenvalue weighted by Crippen LogP contribution is 2.14. The van der Waals surface area contributed by atoms with Gasteiger partial charge in [-0.05, 0) is 30.4 Å². The van der Waals surface area contributed by atoms with Gasteiger partial charge in [0.25, 0.3) is 0 Å². The number of rotatable bonds is 10. The number of carbonyl (C=O) groups excluding carboxylic acids is 1. The van der Waals surface area contributed by atoms with Gasteiger partial charge >= 0.3 is 6.09 Å². The maximum Gasteiger partial charge on any atom is 0.407 e. The van der Waals surface area contributed by atoms with Gasteiger partial charge in [-0.1, -0.05) is 65.8 Å². The second kappa shape index (κ2) is 11.1. The van der Waals surface area contributed by atoms with Crippen LogP contribution in [0.4, 0.5) is 4.79 Å². The Hall–Kier alpha value is -3.16. The zero-order chi connectivity index (χ0) is 21.2. The minimum Gasteiger partial charge on any atom is -0.441 e. The summed E-state index contributed by atoms with van der Waals surface area (Å²) in [4.78, 5) is 12.3. The summed E-state index contributed by atoms with van der Waals surface area (Å²) in [5.74, 6) is 0.410. The molecule has 1 amide bonds. The van der Waals surface area contributed by atoms with Crippen LogP contribution in [0.2, 0.25) is 0 Å². The maximum absolute atomic E-state index is 12.3. The van der Waals surface area contributed by atoms with Crippen molar-refractivity contribution in [1.29, 1.82) is 0 Å². The second-order valence-corrected chi connectivity index (χ2v) is 7.08. The van der Waals surface area contributed by atoms with Crippen molar-refractivity contribution in [2.45, 2.75) is 44.1 Å². The van der Waals surface area contributed by atoms with E-state index in [-0.39, 0.29) is 6.61 Å². The average Bonchev–Trinajstić information content (AvgIpc) is 3.30. The van der Waals surface area contributed by atoms with E-state index in [9.17, 15) is 15.0 Å². The first-order valence-corrected chi connectivity index (χ1v) is 9.88. The molecule has 1 aromatic heterocycles. The number of ether oxygens (including phenoxy) is 1. The van der Waals surface area contributed by atoms with E-state index in [0.29, 0.717) is 25.0 Å². The van der Waals surface area contributed by atoms with Gasteiger partial charge in [0.05, 0.1) is 18.3 Å². The van der Waals surface area contributed by atoms with Crippen molar-refractivity contribution < 1.29 is 24.3 Å². The molecule has 0 radical (unpaired) electrons. The zero-order valence-electron chi connectivity index (χ0n) is 16.6. The van der Waals surface area contributed by atoms with Crippen molar-refractivity contribution in [2.24, 2.45) is 0 Å². The van der Waals surface area contributed by atoms with Crippen LogP contribution in [0.1, 0.15) is 23.3 Å². The summed E-state index contributed by atoms with van der Waals surface area (Å²) in [5, 5.41) is 27.6. The Morgan fingerprint density at radius 1 is 1.00 bits per heavy atom. The van der Waals surface area contributed by atoms with E-state index in [1.165, 1.54) is 6.20 Å². The van der Waals surface area contributed by atoms with Gasteiger partial charge in [0.15, 0.2) is 12.4 Å². The fourth-order valence-corrected chi connectivity index (χ4v) is 3.17. The van der Waals surface area contributed by atoms with E-state index in [2.05, 4.69) is 10.5 Å². The van der Waals surface area contributed by atoms with Crippen LogP contribution in [0.3, 0.4) is 0 Å². The van der Waals surface area contributed by atoms with Crippen molar-refractivity contribution >= 4 is 6.09 Å². The Bertz CT molecular complexity index is 871. The summed E-state index contributed by atoms with van der Waals surface area (Å²) in [5.41, 5.74) is 2.00. The lowest BCUT2D eigenvalue weighted by Crippen LogP contribution is -2.50. The third-order valence-electron chi connectivity index (χ3n) is 4.82. The van der Waals surface area contributed by atoms with Gasteiger partial charge in [-0.3, -0.25) is 0 Å². The quantitative estimate of drug-likeness (QED) is 0.475. The molecular weight excluding hydrogens is 384 g/mol. The highest BCUT2D eigenvalue weighted by molar-refractivity contribution is 5.67. The summed E-state index contributed by atoms with van der Waals surface area (Å²) in [6.45, 7) is -0.0729. The van der Waals surface area contributed by atoms with Crippen LogP contribution >= 0.6 is 0 Å². The maximum atomic E-state index is 12.3. The van der Waals surface area contributed by atoms with Crippen LogP contribution in [0, 0.1) is 0 Å². The Labute approximate surface area is 175 Å². The molecule has 3 atom stereocenters. The lowest BCUT2D eigenvalue weighted by atomic mass is 9.94. The number of amides is 1. The zero-order valence-corrected chi connectivity index (χ0v) is 16.6. The molecule has 3 rings (SSSR count). The van der Waals surface area contributed by atoms with Crippen LogP contribution in [0.5, 0.6) is 0 Å². The van der Waals surface area contributed by atoms with E-state index in [1.54, 1.807) is 6.07 Å². The first-order chi connectivity index (χ1) is 14.6. The summed E-state index contributed by atoms with van der Waals surface area (Å²) >= 11 is 0. The highest BCUT2D eigenvalue weighted by Gasteiger charge is 2.28. The molecule has 0 aliphatic heterocycles. The fourth-order valence-electron chi connectivity index (χ4n) is 3.17. The van der Waals surface area contributed by atoms with E-state index in [1.807, 2.05) is 60.7 Å². The van der Waals surface area contributed by atoms with E-state index >= 15 is 0 Å². The van der Waals surface area contributed by atoms with E-state index in [4.69, 9.17) is 9.26 Å². The molecule has 0 bridgehead atoms. The number of nitrogens with one attached hydrogen (secondary N) is 1. The Balaban J connectivity index is 1.60. The van der Waals surface area contributed by atoms with Crippen molar-refractivity contribution in [1.82, 2.24) is 10.5 Å². The van der Waals surface area contributed by atoms with Crippen LogP contribution in [-0.4, -0.2) is 39.7 Å². The average molecular weight is 410 g/mol. The predicted octanol–water partition coefficient (Wildman–Crippen LogP) is 2.87. The predicted molar refractivity (Wildman–Crippen MR) is 111 cm³/mol. The lowest BCUT2D eigenvalue weighted by molar-refractivity contribution is -0.00836. The van der Waals surface area contributed by atoms with Crippen LogP contribution in [0.15, 0.2) is 77.4 Å². The van der Waals surface area contributed by atoms with Crippen LogP contribution in [-0.2, 0) is 24.2 Å². The minimum absolute atomic E-state index is 0.0729. The minimum atomic E-state index is -1.16. The summed E-state index contributed by atoms with van der Waals surface area (Å²) in [6, 6.07) is 20.1.